The molecule has 0 saturated heterocycles. The second-order valence-corrected chi connectivity index (χ2v) is 6.56. The molecule has 0 heterocycles. The molecule has 0 saturated carbocycles. The van der Waals surface area contributed by atoms with Crippen LogP contribution >= 0.6 is 15.9 Å². The van der Waals surface area contributed by atoms with Gasteiger partial charge in [-0.15, -0.1) is 0 Å². The average Bonchev–Trinajstić information content (AvgIpc) is 2.34. The van der Waals surface area contributed by atoms with E-state index in [-0.39, 0.29) is 5.69 Å². The Hall–Kier alpha value is -1.47. The Balaban J connectivity index is 2.44. The Morgan fingerprint density at radius 2 is 1.85 bits per heavy atom. The van der Waals surface area contributed by atoms with Crippen LogP contribution in [0.25, 0.3) is 0 Å². The molecule has 0 unspecified atom stereocenters. The lowest BCUT2D eigenvalue weighted by Crippen LogP contribution is -2.15. The van der Waals surface area contributed by atoms with Crippen LogP contribution in [0.1, 0.15) is 5.56 Å². The van der Waals surface area contributed by atoms with Gasteiger partial charge < -0.3 is 0 Å². The molecule has 0 aliphatic carbocycles. The first kappa shape index (κ1) is 14.9. The quantitative estimate of drug-likeness (QED) is 0.902. The predicted octanol–water partition coefficient (Wildman–Crippen LogP) is 3.84. The number of hydrogen-bond donors (Lipinski definition) is 1. The number of hydrogen-bond acceptors (Lipinski definition) is 2. The fraction of sp³-hybridized carbons (Fsp3) is 0.0769. The van der Waals surface area contributed by atoms with Crippen molar-refractivity contribution >= 4 is 31.6 Å². The third-order valence-corrected chi connectivity index (χ3v) is 5.07. The minimum Gasteiger partial charge on any atom is -0.278 e. The molecule has 0 aliphatic heterocycles. The Kier molecular flexibility index (Phi) is 4.10. The summed E-state index contributed by atoms with van der Waals surface area (Å²) in [5.41, 5.74) is 1.11. The molecule has 0 amide bonds. The third kappa shape index (κ3) is 2.99. The zero-order chi connectivity index (χ0) is 14.9. The van der Waals surface area contributed by atoms with E-state index in [0.29, 0.717) is 10.5 Å². The Bertz CT molecular complexity index is 763. The fourth-order valence-electron chi connectivity index (χ4n) is 1.62. The number of benzene rings is 2. The molecule has 0 aromatic heterocycles. The van der Waals surface area contributed by atoms with Crippen LogP contribution in [0.15, 0.2) is 45.8 Å². The average molecular weight is 362 g/mol. The van der Waals surface area contributed by atoms with Crippen molar-refractivity contribution in [1.82, 2.24) is 0 Å². The first-order chi connectivity index (χ1) is 9.31. The number of halogens is 3. The smallest absolute Gasteiger partial charge is 0.264 e. The van der Waals surface area contributed by atoms with Crippen molar-refractivity contribution in [2.24, 2.45) is 0 Å². The van der Waals surface area contributed by atoms with E-state index in [1.54, 1.807) is 19.1 Å². The molecule has 0 atom stereocenters. The van der Waals surface area contributed by atoms with Crippen LogP contribution in [0.3, 0.4) is 0 Å². The van der Waals surface area contributed by atoms with Gasteiger partial charge in [0.2, 0.25) is 0 Å². The van der Waals surface area contributed by atoms with Crippen LogP contribution in [-0.2, 0) is 10.0 Å². The monoisotopic (exact) mass is 361 g/mol. The second kappa shape index (κ2) is 5.49. The Morgan fingerprint density at radius 1 is 1.15 bits per heavy atom. The van der Waals surface area contributed by atoms with Gasteiger partial charge in [0, 0.05) is 10.5 Å². The first-order valence-corrected chi connectivity index (χ1v) is 7.82. The fourth-order valence-corrected chi connectivity index (χ4v) is 3.25. The largest absolute Gasteiger partial charge is 0.278 e. The number of rotatable bonds is 3. The third-order valence-electron chi connectivity index (χ3n) is 2.62. The molecule has 0 aliphatic rings. The van der Waals surface area contributed by atoms with Crippen molar-refractivity contribution in [3.05, 3.63) is 58.1 Å². The normalized spacial score (nSPS) is 11.4. The van der Waals surface area contributed by atoms with Crippen molar-refractivity contribution in [2.75, 3.05) is 4.72 Å². The van der Waals surface area contributed by atoms with Gasteiger partial charge in [-0.05, 0) is 46.6 Å². The van der Waals surface area contributed by atoms with Crippen molar-refractivity contribution in [1.29, 1.82) is 0 Å². The topological polar surface area (TPSA) is 46.2 Å². The molecular weight excluding hydrogens is 352 g/mol. The van der Waals surface area contributed by atoms with Crippen molar-refractivity contribution in [2.45, 2.75) is 11.8 Å². The highest BCUT2D eigenvalue weighted by molar-refractivity contribution is 9.10. The van der Waals surface area contributed by atoms with E-state index in [9.17, 15) is 17.2 Å². The molecule has 7 heteroatoms. The lowest BCUT2D eigenvalue weighted by molar-refractivity contribution is 0.551. The molecule has 0 bridgehead atoms. The summed E-state index contributed by atoms with van der Waals surface area (Å²) in [6, 6.07) is 7.30. The van der Waals surface area contributed by atoms with Crippen LogP contribution in [0.2, 0.25) is 0 Å². The molecule has 2 aromatic carbocycles. The number of anilines is 1. The molecule has 2 rings (SSSR count). The van der Waals surface area contributed by atoms with Crippen molar-refractivity contribution < 1.29 is 17.2 Å². The maximum Gasteiger partial charge on any atom is 0.264 e. The van der Waals surface area contributed by atoms with E-state index >= 15 is 0 Å². The van der Waals surface area contributed by atoms with E-state index in [0.717, 1.165) is 17.7 Å². The number of aryl methyl sites for hydroxylation is 1. The maximum absolute atomic E-state index is 13.6. The molecular formula is C13H10BrF2NO2S. The van der Waals surface area contributed by atoms with Crippen LogP contribution in [0, 0.1) is 18.6 Å². The van der Waals surface area contributed by atoms with Crippen molar-refractivity contribution in [3.8, 4) is 0 Å². The van der Waals surface area contributed by atoms with E-state index in [1.165, 1.54) is 6.07 Å². The summed E-state index contributed by atoms with van der Waals surface area (Å²) in [6.07, 6.45) is 0. The molecule has 106 valence electrons. The summed E-state index contributed by atoms with van der Waals surface area (Å²) >= 11 is 3.25. The van der Waals surface area contributed by atoms with Gasteiger partial charge in [0.1, 0.15) is 16.5 Å². The van der Waals surface area contributed by atoms with Gasteiger partial charge in [0.25, 0.3) is 10.0 Å². The number of sulfonamides is 1. The minimum atomic E-state index is -4.12. The molecule has 1 N–H and O–H groups in total. The second-order valence-electron chi connectivity index (χ2n) is 4.12. The maximum atomic E-state index is 13.6. The van der Waals surface area contributed by atoms with Crippen LogP contribution in [0.4, 0.5) is 14.5 Å². The zero-order valence-corrected chi connectivity index (χ0v) is 12.7. The first-order valence-electron chi connectivity index (χ1n) is 5.54. The van der Waals surface area contributed by atoms with Gasteiger partial charge in [0.15, 0.2) is 0 Å². The zero-order valence-electron chi connectivity index (χ0n) is 10.3. The highest BCUT2D eigenvalue weighted by Gasteiger charge is 2.20. The van der Waals surface area contributed by atoms with Gasteiger partial charge in [0.05, 0.1) is 5.69 Å². The predicted molar refractivity (Wildman–Crippen MR) is 76.0 cm³/mol. The van der Waals surface area contributed by atoms with Gasteiger partial charge in [-0.3, -0.25) is 4.72 Å². The van der Waals surface area contributed by atoms with E-state index in [1.807, 2.05) is 0 Å². The minimum absolute atomic E-state index is 0.286. The SMILES string of the molecule is Cc1cccc(NS(=O)(=O)c2ccc(F)cc2F)c1Br. The summed E-state index contributed by atoms with van der Waals surface area (Å²) in [7, 11) is -4.12. The molecule has 20 heavy (non-hydrogen) atoms. The molecule has 0 spiro atoms. The van der Waals surface area contributed by atoms with Crippen LogP contribution in [0.5, 0.6) is 0 Å². The van der Waals surface area contributed by atoms with Gasteiger partial charge in [-0.25, -0.2) is 17.2 Å². The standard InChI is InChI=1S/C13H10BrF2NO2S/c1-8-3-2-4-11(13(8)14)17-20(18,19)12-6-5-9(15)7-10(12)16/h2-7,17H,1H3. The van der Waals surface area contributed by atoms with Crippen LogP contribution < -0.4 is 4.72 Å². The Labute approximate surface area is 123 Å². The summed E-state index contributed by atoms with van der Waals surface area (Å²) < 4.78 is 53.4. The molecule has 2 aromatic rings. The summed E-state index contributed by atoms with van der Waals surface area (Å²) in [5.74, 6) is -1.97. The Morgan fingerprint density at radius 3 is 2.50 bits per heavy atom. The van der Waals surface area contributed by atoms with Gasteiger partial charge in [-0.2, -0.15) is 0 Å². The van der Waals surface area contributed by atoms with Gasteiger partial charge >= 0.3 is 0 Å². The lowest BCUT2D eigenvalue weighted by Gasteiger charge is -2.11. The summed E-state index contributed by atoms with van der Waals surface area (Å²) in [5, 5.41) is 0. The van der Waals surface area contributed by atoms with E-state index in [2.05, 4.69) is 20.7 Å². The summed E-state index contributed by atoms with van der Waals surface area (Å²) in [6.45, 7) is 1.79. The van der Waals surface area contributed by atoms with E-state index < -0.39 is 26.6 Å². The van der Waals surface area contributed by atoms with Crippen molar-refractivity contribution in [3.63, 3.8) is 0 Å². The highest BCUT2D eigenvalue weighted by Crippen LogP contribution is 2.28. The van der Waals surface area contributed by atoms with Crippen LogP contribution in [-0.4, -0.2) is 8.42 Å². The molecule has 0 fully saturated rings. The highest BCUT2D eigenvalue weighted by atomic mass is 79.9. The van der Waals surface area contributed by atoms with E-state index in [4.69, 9.17) is 0 Å². The molecule has 3 nitrogen and oxygen atoms in total. The lowest BCUT2D eigenvalue weighted by atomic mass is 10.2. The number of nitrogens with one attached hydrogen (secondary N) is 1. The summed E-state index contributed by atoms with van der Waals surface area (Å²) in [4.78, 5) is -0.604. The molecule has 0 radical (unpaired) electrons. The van der Waals surface area contributed by atoms with Gasteiger partial charge in [-0.1, -0.05) is 12.1 Å².